The number of para-hydroxylation sites is 2. The van der Waals surface area contributed by atoms with E-state index in [4.69, 9.17) is 9.72 Å². The lowest BCUT2D eigenvalue weighted by atomic mass is 9.95. The lowest BCUT2D eigenvalue weighted by molar-refractivity contribution is 0.0923. The standard InChI is InChI=1S/C26H27N3O2/c1-2-31-23-15-9-7-13-19(23)24-25-20(18-12-6-8-14-21(18)28-25)16-22(29-24)26(30)27-17-10-4-3-5-11-17/h6-9,12-17,28H,2-5,10-11H2,1H3,(H,27,30). The van der Waals surface area contributed by atoms with Crippen molar-refractivity contribution in [3.05, 3.63) is 60.3 Å². The highest BCUT2D eigenvalue weighted by molar-refractivity contribution is 6.13. The number of aromatic nitrogens is 2. The molecule has 2 N–H and O–H groups in total. The third-order valence-corrected chi connectivity index (χ3v) is 6.11. The van der Waals surface area contributed by atoms with Gasteiger partial charge in [0.1, 0.15) is 11.4 Å². The Kier molecular flexibility index (Phi) is 5.33. The van der Waals surface area contributed by atoms with Crippen LogP contribution < -0.4 is 10.1 Å². The summed E-state index contributed by atoms with van der Waals surface area (Å²) in [5, 5.41) is 5.30. The maximum atomic E-state index is 13.2. The number of aromatic amines is 1. The summed E-state index contributed by atoms with van der Waals surface area (Å²) in [6.45, 7) is 2.53. The molecule has 0 atom stereocenters. The van der Waals surface area contributed by atoms with Crippen molar-refractivity contribution in [2.75, 3.05) is 6.61 Å². The average molecular weight is 414 g/mol. The maximum absolute atomic E-state index is 13.2. The van der Waals surface area contributed by atoms with Gasteiger partial charge in [-0.05, 0) is 44.0 Å². The first kappa shape index (κ1) is 19.6. The number of rotatable bonds is 5. The van der Waals surface area contributed by atoms with Crippen molar-refractivity contribution >= 4 is 27.7 Å². The van der Waals surface area contributed by atoms with Crippen LogP contribution in [0.15, 0.2) is 54.6 Å². The van der Waals surface area contributed by atoms with E-state index in [9.17, 15) is 4.79 Å². The quantitative estimate of drug-likeness (QED) is 0.432. The Balaban J connectivity index is 1.67. The highest BCUT2D eigenvalue weighted by Crippen LogP contribution is 2.36. The van der Waals surface area contributed by atoms with Gasteiger partial charge in [0.15, 0.2) is 0 Å². The second kappa shape index (κ2) is 8.42. The number of carbonyl (C=O) groups excluding carboxylic acids is 1. The number of fused-ring (bicyclic) bond motifs is 3. The third kappa shape index (κ3) is 3.76. The van der Waals surface area contributed by atoms with Crippen molar-refractivity contribution < 1.29 is 9.53 Å². The van der Waals surface area contributed by atoms with Gasteiger partial charge in [0.25, 0.3) is 5.91 Å². The Labute approximate surface area is 181 Å². The SMILES string of the molecule is CCOc1ccccc1-c1nc(C(=O)NC2CCCCC2)cc2c1[nH]c1ccccc12. The van der Waals surface area contributed by atoms with Gasteiger partial charge < -0.3 is 15.0 Å². The molecular formula is C26H27N3O2. The van der Waals surface area contributed by atoms with E-state index in [1.54, 1.807) is 0 Å². The summed E-state index contributed by atoms with van der Waals surface area (Å²) in [6, 6.07) is 18.2. The highest BCUT2D eigenvalue weighted by Gasteiger charge is 2.21. The fourth-order valence-corrected chi connectivity index (χ4v) is 4.61. The van der Waals surface area contributed by atoms with Gasteiger partial charge in [-0.1, -0.05) is 49.6 Å². The van der Waals surface area contributed by atoms with Gasteiger partial charge in [0, 0.05) is 27.9 Å². The predicted octanol–water partition coefficient (Wildman–Crippen LogP) is 5.84. The Morgan fingerprint density at radius 2 is 1.84 bits per heavy atom. The van der Waals surface area contributed by atoms with Crippen molar-refractivity contribution in [2.24, 2.45) is 0 Å². The number of benzene rings is 2. The summed E-state index contributed by atoms with van der Waals surface area (Å²) in [5.74, 6) is 0.663. The molecule has 2 heterocycles. The third-order valence-electron chi connectivity index (χ3n) is 6.11. The number of hydrogen-bond acceptors (Lipinski definition) is 3. The number of carbonyl (C=O) groups is 1. The second-order valence-electron chi connectivity index (χ2n) is 8.19. The van der Waals surface area contributed by atoms with Gasteiger partial charge >= 0.3 is 0 Å². The molecule has 4 aromatic rings. The molecule has 1 saturated carbocycles. The van der Waals surface area contributed by atoms with Crippen LogP contribution in [0, 0.1) is 0 Å². The number of nitrogens with one attached hydrogen (secondary N) is 2. The van der Waals surface area contributed by atoms with E-state index >= 15 is 0 Å². The zero-order valence-corrected chi connectivity index (χ0v) is 17.8. The minimum Gasteiger partial charge on any atom is -0.493 e. The normalized spacial score (nSPS) is 14.7. The predicted molar refractivity (Wildman–Crippen MR) is 125 cm³/mol. The molecule has 5 rings (SSSR count). The molecule has 0 spiro atoms. The summed E-state index contributed by atoms with van der Waals surface area (Å²) < 4.78 is 5.88. The fraction of sp³-hybridized carbons (Fsp3) is 0.308. The molecular weight excluding hydrogens is 386 g/mol. The Morgan fingerprint density at radius 3 is 2.68 bits per heavy atom. The first-order chi connectivity index (χ1) is 15.2. The van der Waals surface area contributed by atoms with E-state index in [0.29, 0.717) is 12.3 Å². The summed E-state index contributed by atoms with van der Waals surface area (Å²) in [5.41, 5.74) is 4.02. The van der Waals surface area contributed by atoms with Crippen LogP contribution in [0.5, 0.6) is 5.75 Å². The zero-order valence-electron chi connectivity index (χ0n) is 17.8. The molecule has 158 valence electrons. The molecule has 1 aliphatic rings. The lowest BCUT2D eigenvalue weighted by Crippen LogP contribution is -2.36. The van der Waals surface area contributed by atoms with E-state index in [1.807, 2.05) is 49.4 Å². The van der Waals surface area contributed by atoms with Crippen molar-refractivity contribution in [1.29, 1.82) is 0 Å². The summed E-state index contributed by atoms with van der Waals surface area (Å²) in [7, 11) is 0. The van der Waals surface area contributed by atoms with Gasteiger partial charge in [-0.2, -0.15) is 0 Å². The lowest BCUT2D eigenvalue weighted by Gasteiger charge is -2.22. The molecule has 5 nitrogen and oxygen atoms in total. The fourth-order valence-electron chi connectivity index (χ4n) is 4.61. The average Bonchev–Trinajstić information content (AvgIpc) is 3.18. The molecule has 0 aliphatic heterocycles. The smallest absolute Gasteiger partial charge is 0.270 e. The van der Waals surface area contributed by atoms with Crippen molar-refractivity contribution in [3.8, 4) is 17.0 Å². The highest BCUT2D eigenvalue weighted by atomic mass is 16.5. The molecule has 5 heteroatoms. The van der Waals surface area contributed by atoms with Gasteiger partial charge in [-0.25, -0.2) is 4.98 Å². The summed E-state index contributed by atoms with van der Waals surface area (Å²) in [6.07, 6.45) is 5.69. The first-order valence-corrected chi connectivity index (χ1v) is 11.2. The largest absolute Gasteiger partial charge is 0.493 e. The number of hydrogen-bond donors (Lipinski definition) is 2. The van der Waals surface area contributed by atoms with Crippen LogP contribution in [0.3, 0.4) is 0 Å². The topological polar surface area (TPSA) is 67.0 Å². The number of ether oxygens (including phenoxy) is 1. The van der Waals surface area contributed by atoms with Crippen LogP contribution in [-0.4, -0.2) is 28.5 Å². The number of amides is 1. The van der Waals surface area contributed by atoms with Crippen LogP contribution in [0.1, 0.15) is 49.5 Å². The van der Waals surface area contributed by atoms with E-state index in [1.165, 1.54) is 19.3 Å². The number of H-pyrrole nitrogens is 1. The Hall–Kier alpha value is -3.34. The molecule has 0 radical (unpaired) electrons. The number of nitrogens with zero attached hydrogens (tertiary/aromatic N) is 1. The van der Waals surface area contributed by atoms with Gasteiger partial charge in [0.05, 0.1) is 17.8 Å². The van der Waals surface area contributed by atoms with Gasteiger partial charge in [0.2, 0.25) is 0 Å². The molecule has 31 heavy (non-hydrogen) atoms. The van der Waals surface area contributed by atoms with Crippen molar-refractivity contribution in [2.45, 2.75) is 45.1 Å². The second-order valence-corrected chi connectivity index (χ2v) is 8.19. The monoisotopic (exact) mass is 413 g/mol. The van der Waals surface area contributed by atoms with Crippen LogP contribution in [0.25, 0.3) is 33.1 Å². The Morgan fingerprint density at radius 1 is 1.06 bits per heavy atom. The van der Waals surface area contributed by atoms with Crippen molar-refractivity contribution in [3.63, 3.8) is 0 Å². The summed E-state index contributed by atoms with van der Waals surface area (Å²) in [4.78, 5) is 21.6. The van der Waals surface area contributed by atoms with Crippen LogP contribution in [0.2, 0.25) is 0 Å². The molecule has 2 aromatic carbocycles. The van der Waals surface area contributed by atoms with E-state index in [2.05, 4.69) is 22.4 Å². The Bertz CT molecular complexity index is 1240. The van der Waals surface area contributed by atoms with E-state index in [0.717, 1.165) is 51.7 Å². The van der Waals surface area contributed by atoms with Crippen LogP contribution in [0.4, 0.5) is 0 Å². The minimum atomic E-state index is -0.103. The molecule has 0 saturated heterocycles. The van der Waals surface area contributed by atoms with Crippen LogP contribution >= 0.6 is 0 Å². The van der Waals surface area contributed by atoms with Gasteiger partial charge in [-0.15, -0.1) is 0 Å². The van der Waals surface area contributed by atoms with Crippen LogP contribution in [-0.2, 0) is 0 Å². The molecule has 1 aliphatic carbocycles. The summed E-state index contributed by atoms with van der Waals surface area (Å²) >= 11 is 0. The van der Waals surface area contributed by atoms with Crippen molar-refractivity contribution in [1.82, 2.24) is 15.3 Å². The molecule has 0 unspecified atom stereocenters. The van der Waals surface area contributed by atoms with E-state index < -0.39 is 0 Å². The molecule has 0 bridgehead atoms. The van der Waals surface area contributed by atoms with E-state index in [-0.39, 0.29) is 11.9 Å². The first-order valence-electron chi connectivity index (χ1n) is 11.2. The zero-order chi connectivity index (χ0) is 21.2. The molecule has 1 amide bonds. The molecule has 2 aromatic heterocycles. The van der Waals surface area contributed by atoms with Gasteiger partial charge in [-0.3, -0.25) is 4.79 Å². The molecule has 1 fully saturated rings. The number of pyridine rings is 1. The minimum absolute atomic E-state index is 0.103. The maximum Gasteiger partial charge on any atom is 0.270 e.